The van der Waals surface area contributed by atoms with Crippen LogP contribution in [0, 0.1) is 0 Å². The Hall–Kier alpha value is -0.910. The average Bonchev–Trinajstić information content (AvgIpc) is 2.35. The van der Waals surface area contributed by atoms with E-state index in [9.17, 15) is 4.79 Å². The third-order valence-corrected chi connectivity index (χ3v) is 3.99. The first kappa shape index (κ1) is 13.2. The Morgan fingerprint density at radius 2 is 2.38 bits per heavy atom. The van der Waals surface area contributed by atoms with Crippen molar-refractivity contribution < 1.29 is 10.0 Å². The second-order valence-electron chi connectivity index (χ2n) is 3.80. The number of nitrogens with zero attached hydrogens (tertiary/aromatic N) is 2. The van der Waals surface area contributed by atoms with Crippen LogP contribution in [-0.2, 0) is 4.79 Å². The van der Waals surface area contributed by atoms with Gasteiger partial charge < -0.3 is 15.8 Å². The molecule has 0 aliphatic carbocycles. The summed E-state index contributed by atoms with van der Waals surface area (Å²) < 4.78 is 0. The fourth-order valence-corrected chi connectivity index (χ4v) is 2.99. The topological polar surface area (TPSA) is 78.9 Å². The van der Waals surface area contributed by atoms with E-state index in [-0.39, 0.29) is 23.5 Å². The Morgan fingerprint density at radius 3 is 2.88 bits per heavy atom. The number of thioether (sulfide) groups is 1. The van der Waals surface area contributed by atoms with Gasteiger partial charge in [0.25, 0.3) is 0 Å². The van der Waals surface area contributed by atoms with Crippen LogP contribution in [0.5, 0.6) is 0 Å². The highest BCUT2D eigenvalue weighted by Gasteiger charge is 2.26. The molecule has 92 valence electrons. The van der Waals surface area contributed by atoms with Crippen molar-refractivity contribution in [1.29, 1.82) is 0 Å². The molecule has 1 rings (SSSR count). The number of hydrogen-bond donors (Lipinski definition) is 2. The van der Waals surface area contributed by atoms with E-state index in [1.165, 1.54) is 6.42 Å². The molecule has 0 aromatic carbocycles. The van der Waals surface area contributed by atoms with Gasteiger partial charge >= 0.3 is 0 Å². The number of carbonyl (C=O) groups excluding carboxylic acids is 1. The largest absolute Gasteiger partial charge is 0.409 e. The van der Waals surface area contributed by atoms with Gasteiger partial charge in [-0.2, -0.15) is 0 Å². The Kier molecular flexibility index (Phi) is 5.45. The molecular formula is C10H19N3O2S. The molecule has 1 unspecified atom stereocenters. The third kappa shape index (κ3) is 3.59. The molecule has 5 nitrogen and oxygen atoms in total. The predicted octanol–water partition coefficient (Wildman–Crippen LogP) is 0.867. The van der Waals surface area contributed by atoms with E-state index >= 15 is 0 Å². The van der Waals surface area contributed by atoms with Gasteiger partial charge in [0.2, 0.25) is 5.91 Å². The summed E-state index contributed by atoms with van der Waals surface area (Å²) >= 11 is 1.72. The SMILES string of the molecule is CCN(CC(N)=NO)C(=O)C1CCCCS1. The molecule has 0 radical (unpaired) electrons. The van der Waals surface area contributed by atoms with E-state index in [1.807, 2.05) is 6.92 Å². The number of oxime groups is 1. The summed E-state index contributed by atoms with van der Waals surface area (Å²) in [4.78, 5) is 13.7. The van der Waals surface area contributed by atoms with Gasteiger partial charge in [0.1, 0.15) is 0 Å². The van der Waals surface area contributed by atoms with Gasteiger partial charge in [-0.25, -0.2) is 0 Å². The second-order valence-corrected chi connectivity index (χ2v) is 5.11. The molecule has 16 heavy (non-hydrogen) atoms. The van der Waals surface area contributed by atoms with Gasteiger partial charge in [-0.1, -0.05) is 11.6 Å². The minimum absolute atomic E-state index is 0.0557. The number of nitrogens with two attached hydrogens (primary N) is 1. The van der Waals surface area contributed by atoms with Gasteiger partial charge in [0.05, 0.1) is 11.8 Å². The van der Waals surface area contributed by atoms with E-state index in [2.05, 4.69) is 5.16 Å². The van der Waals surface area contributed by atoms with E-state index in [0.29, 0.717) is 6.54 Å². The fraction of sp³-hybridized carbons (Fsp3) is 0.800. The third-order valence-electron chi connectivity index (χ3n) is 2.63. The number of amidine groups is 1. The molecule has 1 atom stereocenters. The summed E-state index contributed by atoms with van der Waals surface area (Å²) in [6.45, 7) is 2.70. The molecule has 6 heteroatoms. The van der Waals surface area contributed by atoms with Crippen LogP contribution < -0.4 is 5.73 Å². The predicted molar refractivity (Wildman–Crippen MR) is 65.8 cm³/mol. The number of hydrogen-bond acceptors (Lipinski definition) is 4. The molecule has 1 amide bonds. The zero-order valence-corrected chi connectivity index (χ0v) is 10.4. The van der Waals surface area contributed by atoms with Crippen LogP contribution in [0.15, 0.2) is 5.16 Å². The maximum Gasteiger partial charge on any atom is 0.236 e. The minimum atomic E-state index is 0.0557. The number of likely N-dealkylation sites (N-methyl/N-ethyl adjacent to an activating group) is 1. The normalized spacial score (nSPS) is 21.8. The Labute approximate surface area is 100 Å². The van der Waals surface area contributed by atoms with Crippen LogP contribution in [0.4, 0.5) is 0 Å². The standard InChI is InChI=1S/C10H19N3O2S/c1-2-13(7-9(11)12-15)10(14)8-5-3-4-6-16-8/h8,15H,2-7H2,1H3,(H2,11,12). The first-order valence-corrected chi connectivity index (χ1v) is 6.60. The van der Waals surface area contributed by atoms with Crippen molar-refractivity contribution >= 4 is 23.5 Å². The van der Waals surface area contributed by atoms with Crippen molar-refractivity contribution in [2.75, 3.05) is 18.8 Å². The van der Waals surface area contributed by atoms with Crippen LogP contribution in [0.25, 0.3) is 0 Å². The van der Waals surface area contributed by atoms with E-state index in [4.69, 9.17) is 10.9 Å². The lowest BCUT2D eigenvalue weighted by Gasteiger charge is -2.27. The summed E-state index contributed by atoms with van der Waals surface area (Å²) in [5.41, 5.74) is 5.42. The van der Waals surface area contributed by atoms with Crippen molar-refractivity contribution in [3.05, 3.63) is 0 Å². The quantitative estimate of drug-likeness (QED) is 0.333. The van der Waals surface area contributed by atoms with Gasteiger partial charge in [0, 0.05) is 6.54 Å². The fourth-order valence-electron chi connectivity index (χ4n) is 1.71. The summed E-state index contributed by atoms with van der Waals surface area (Å²) in [7, 11) is 0. The molecule has 0 saturated carbocycles. The second kappa shape index (κ2) is 6.62. The minimum Gasteiger partial charge on any atom is -0.409 e. The van der Waals surface area contributed by atoms with Crippen LogP contribution in [0.2, 0.25) is 0 Å². The maximum atomic E-state index is 12.1. The lowest BCUT2D eigenvalue weighted by Crippen LogP contribution is -2.43. The van der Waals surface area contributed by atoms with Crippen LogP contribution >= 0.6 is 11.8 Å². The van der Waals surface area contributed by atoms with Crippen molar-refractivity contribution in [1.82, 2.24) is 4.90 Å². The highest BCUT2D eigenvalue weighted by Crippen LogP contribution is 2.26. The monoisotopic (exact) mass is 245 g/mol. The molecule has 0 spiro atoms. The zero-order chi connectivity index (χ0) is 12.0. The average molecular weight is 245 g/mol. The lowest BCUT2D eigenvalue weighted by molar-refractivity contribution is -0.129. The Bertz CT molecular complexity index is 265. The van der Waals surface area contributed by atoms with Gasteiger partial charge in [0.15, 0.2) is 5.84 Å². The van der Waals surface area contributed by atoms with Gasteiger partial charge in [-0.3, -0.25) is 4.79 Å². The molecule has 1 fully saturated rings. The van der Waals surface area contributed by atoms with Crippen LogP contribution in [-0.4, -0.2) is 45.9 Å². The maximum absolute atomic E-state index is 12.1. The molecule has 1 saturated heterocycles. The van der Waals surface area contributed by atoms with Crippen molar-refractivity contribution in [2.24, 2.45) is 10.9 Å². The molecule has 3 N–H and O–H groups in total. The van der Waals surface area contributed by atoms with Crippen molar-refractivity contribution in [3.8, 4) is 0 Å². The molecular weight excluding hydrogens is 226 g/mol. The smallest absolute Gasteiger partial charge is 0.236 e. The molecule has 0 aromatic heterocycles. The van der Waals surface area contributed by atoms with Crippen molar-refractivity contribution in [2.45, 2.75) is 31.4 Å². The summed E-state index contributed by atoms with van der Waals surface area (Å²) in [5, 5.41) is 11.4. The molecule has 1 aliphatic heterocycles. The van der Waals surface area contributed by atoms with Crippen molar-refractivity contribution in [3.63, 3.8) is 0 Å². The van der Waals surface area contributed by atoms with Crippen LogP contribution in [0.3, 0.4) is 0 Å². The summed E-state index contributed by atoms with van der Waals surface area (Å²) in [5.74, 6) is 1.24. The van der Waals surface area contributed by atoms with Crippen LogP contribution in [0.1, 0.15) is 26.2 Å². The van der Waals surface area contributed by atoms with Gasteiger partial charge in [-0.05, 0) is 25.5 Å². The number of carbonyl (C=O) groups is 1. The zero-order valence-electron chi connectivity index (χ0n) is 9.56. The Morgan fingerprint density at radius 1 is 1.62 bits per heavy atom. The first-order valence-electron chi connectivity index (χ1n) is 5.55. The molecule has 1 heterocycles. The molecule has 1 aliphatic rings. The summed E-state index contributed by atoms with van der Waals surface area (Å²) in [6.07, 6.45) is 3.25. The highest BCUT2D eigenvalue weighted by atomic mass is 32.2. The highest BCUT2D eigenvalue weighted by molar-refractivity contribution is 8.00. The van der Waals surface area contributed by atoms with E-state index in [0.717, 1.165) is 18.6 Å². The summed E-state index contributed by atoms with van der Waals surface area (Å²) in [6, 6.07) is 0. The first-order chi connectivity index (χ1) is 7.69. The number of rotatable bonds is 4. The van der Waals surface area contributed by atoms with E-state index < -0.39 is 0 Å². The van der Waals surface area contributed by atoms with E-state index in [1.54, 1.807) is 16.7 Å². The number of amides is 1. The molecule has 0 bridgehead atoms. The van der Waals surface area contributed by atoms with Gasteiger partial charge in [-0.15, -0.1) is 11.8 Å². The lowest BCUT2D eigenvalue weighted by atomic mass is 10.1. The molecule has 0 aromatic rings. The Balaban J connectivity index is 2.54.